The van der Waals surface area contributed by atoms with Crippen LogP contribution in [0.25, 0.3) is 21.7 Å². The second kappa shape index (κ2) is 10.4. The van der Waals surface area contributed by atoms with Gasteiger partial charge in [0, 0.05) is 11.6 Å². The minimum absolute atomic E-state index is 0.136. The highest BCUT2D eigenvalue weighted by Crippen LogP contribution is 2.38. The quantitative estimate of drug-likeness (QED) is 0.233. The van der Waals surface area contributed by atoms with E-state index in [1.165, 1.54) is 6.07 Å². The standard InChI is InChI=1S/C26H16ClF5N2O2S/c1-2-36-23-6-4-14(7-20(23)27)16-8-24(37-13-16)22-10-19(26(30,31)32)18(11-33)25(35)34(22)12-15-3-5-17(28)9-21(15)29/h3-10,13H,2,12H2,1H3. The van der Waals surface area contributed by atoms with Crippen molar-refractivity contribution in [1.82, 2.24) is 4.57 Å². The molecule has 0 atom stereocenters. The first-order chi connectivity index (χ1) is 17.5. The van der Waals surface area contributed by atoms with E-state index < -0.39 is 41.0 Å². The number of nitrogens with zero attached hydrogens (tertiary/aromatic N) is 2. The molecule has 0 bridgehead atoms. The molecule has 4 nitrogen and oxygen atoms in total. The first kappa shape index (κ1) is 26.4. The van der Waals surface area contributed by atoms with Crippen LogP contribution in [0.3, 0.4) is 0 Å². The van der Waals surface area contributed by atoms with Gasteiger partial charge in [-0.1, -0.05) is 23.7 Å². The van der Waals surface area contributed by atoms with Gasteiger partial charge < -0.3 is 9.30 Å². The van der Waals surface area contributed by atoms with Gasteiger partial charge >= 0.3 is 6.18 Å². The molecule has 2 aromatic heterocycles. The predicted octanol–water partition coefficient (Wildman–Crippen LogP) is 7.51. The Hall–Kier alpha value is -3.68. The summed E-state index contributed by atoms with van der Waals surface area (Å²) < 4.78 is 75.4. The van der Waals surface area contributed by atoms with E-state index in [2.05, 4.69) is 0 Å². The van der Waals surface area contributed by atoms with E-state index in [4.69, 9.17) is 16.3 Å². The first-order valence-corrected chi connectivity index (χ1v) is 12.0. The molecule has 0 unspecified atom stereocenters. The number of aromatic nitrogens is 1. The van der Waals surface area contributed by atoms with Crippen molar-refractivity contribution in [1.29, 1.82) is 5.26 Å². The number of alkyl halides is 3. The number of nitriles is 1. The molecule has 0 saturated carbocycles. The maximum absolute atomic E-state index is 14.4. The Morgan fingerprint density at radius 2 is 1.84 bits per heavy atom. The molecule has 0 aliphatic heterocycles. The molecule has 0 N–H and O–H groups in total. The average Bonchev–Trinajstić information content (AvgIpc) is 3.32. The number of pyridine rings is 1. The third kappa shape index (κ3) is 5.38. The van der Waals surface area contributed by atoms with E-state index in [0.29, 0.717) is 40.6 Å². The highest BCUT2D eigenvalue weighted by Gasteiger charge is 2.36. The van der Waals surface area contributed by atoms with Gasteiger partial charge in [0.2, 0.25) is 0 Å². The Bertz CT molecular complexity index is 1590. The van der Waals surface area contributed by atoms with Crippen LogP contribution >= 0.6 is 22.9 Å². The van der Waals surface area contributed by atoms with Crippen molar-refractivity contribution >= 4 is 22.9 Å². The monoisotopic (exact) mass is 550 g/mol. The van der Waals surface area contributed by atoms with Crippen molar-refractivity contribution in [3.8, 4) is 33.5 Å². The topological polar surface area (TPSA) is 55.0 Å². The molecule has 37 heavy (non-hydrogen) atoms. The van der Waals surface area contributed by atoms with Crippen molar-refractivity contribution in [2.45, 2.75) is 19.6 Å². The fourth-order valence-corrected chi connectivity index (χ4v) is 4.91. The lowest BCUT2D eigenvalue weighted by atomic mass is 10.1. The van der Waals surface area contributed by atoms with Gasteiger partial charge in [-0.25, -0.2) is 8.78 Å². The molecule has 190 valence electrons. The smallest absolute Gasteiger partial charge is 0.417 e. The second-order valence-electron chi connectivity index (χ2n) is 7.83. The fourth-order valence-electron chi connectivity index (χ4n) is 3.73. The number of hydrogen-bond donors (Lipinski definition) is 0. The minimum Gasteiger partial charge on any atom is -0.492 e. The zero-order valence-corrected chi connectivity index (χ0v) is 20.6. The van der Waals surface area contributed by atoms with Gasteiger partial charge in [-0.05, 0) is 53.8 Å². The third-order valence-corrected chi connectivity index (χ3v) is 6.73. The Morgan fingerprint density at radius 1 is 1.08 bits per heavy atom. The molecule has 0 radical (unpaired) electrons. The van der Waals surface area contributed by atoms with Gasteiger partial charge in [-0.15, -0.1) is 11.3 Å². The molecule has 0 amide bonds. The predicted molar refractivity (Wildman–Crippen MR) is 131 cm³/mol. The van der Waals surface area contributed by atoms with E-state index in [1.807, 2.05) is 0 Å². The maximum atomic E-state index is 14.4. The molecule has 0 spiro atoms. The molecule has 0 fully saturated rings. The number of thiophene rings is 1. The van der Waals surface area contributed by atoms with Crippen LogP contribution in [0.5, 0.6) is 5.75 Å². The van der Waals surface area contributed by atoms with Gasteiger partial charge in [-0.3, -0.25) is 4.79 Å². The molecule has 2 heterocycles. The zero-order chi connectivity index (χ0) is 26.9. The van der Waals surface area contributed by atoms with Crippen LogP contribution in [-0.2, 0) is 12.7 Å². The molecule has 0 aliphatic carbocycles. The lowest BCUT2D eigenvalue weighted by Crippen LogP contribution is -2.28. The number of benzene rings is 2. The van der Waals surface area contributed by atoms with E-state index in [0.717, 1.165) is 28.0 Å². The molecule has 4 aromatic rings. The lowest BCUT2D eigenvalue weighted by molar-refractivity contribution is -0.137. The number of halogens is 6. The van der Waals surface area contributed by atoms with Crippen molar-refractivity contribution in [3.63, 3.8) is 0 Å². The summed E-state index contributed by atoms with van der Waals surface area (Å²) in [4.78, 5) is 13.3. The summed E-state index contributed by atoms with van der Waals surface area (Å²) in [5, 5.41) is 11.3. The summed E-state index contributed by atoms with van der Waals surface area (Å²) in [6, 6.07) is 11.3. The van der Waals surface area contributed by atoms with Gasteiger partial charge in [0.05, 0.1) is 34.3 Å². The molecule has 2 aromatic carbocycles. The summed E-state index contributed by atoms with van der Waals surface area (Å²) >= 11 is 7.32. The van der Waals surface area contributed by atoms with Crippen LogP contribution in [-0.4, -0.2) is 11.2 Å². The van der Waals surface area contributed by atoms with Crippen molar-refractivity contribution in [2.24, 2.45) is 0 Å². The van der Waals surface area contributed by atoms with Gasteiger partial charge in [0.1, 0.15) is 29.0 Å². The molecule has 0 aliphatic rings. The van der Waals surface area contributed by atoms with Gasteiger partial charge in [0.25, 0.3) is 5.56 Å². The summed E-state index contributed by atoms with van der Waals surface area (Å²) in [5.74, 6) is -1.36. The van der Waals surface area contributed by atoms with Gasteiger partial charge in [-0.2, -0.15) is 18.4 Å². The first-order valence-electron chi connectivity index (χ1n) is 10.7. The number of ether oxygens (including phenoxy) is 1. The summed E-state index contributed by atoms with van der Waals surface area (Å²) in [6.07, 6.45) is -4.98. The normalized spacial score (nSPS) is 11.4. The molecular weight excluding hydrogens is 535 g/mol. The summed E-state index contributed by atoms with van der Waals surface area (Å²) in [5.41, 5.74) is -2.81. The average molecular weight is 551 g/mol. The summed E-state index contributed by atoms with van der Waals surface area (Å²) in [6.45, 7) is 1.70. The highest BCUT2D eigenvalue weighted by atomic mass is 35.5. The van der Waals surface area contributed by atoms with E-state index in [1.54, 1.807) is 36.6 Å². The Kier molecular flexibility index (Phi) is 7.39. The van der Waals surface area contributed by atoms with E-state index in [9.17, 15) is 32.0 Å². The third-order valence-electron chi connectivity index (χ3n) is 5.48. The number of rotatable bonds is 6. The maximum Gasteiger partial charge on any atom is 0.417 e. The van der Waals surface area contributed by atoms with Crippen LogP contribution < -0.4 is 10.3 Å². The lowest BCUT2D eigenvalue weighted by Gasteiger charge is -2.17. The van der Waals surface area contributed by atoms with Gasteiger partial charge in [0.15, 0.2) is 0 Å². The molecule has 0 saturated heterocycles. The Labute approximate surface area is 216 Å². The Balaban J connectivity index is 1.89. The van der Waals surface area contributed by atoms with Crippen molar-refractivity contribution in [3.05, 3.63) is 97.6 Å². The van der Waals surface area contributed by atoms with Crippen LogP contribution in [0.15, 0.2) is 58.7 Å². The van der Waals surface area contributed by atoms with E-state index >= 15 is 0 Å². The summed E-state index contributed by atoms with van der Waals surface area (Å²) in [7, 11) is 0. The van der Waals surface area contributed by atoms with Crippen molar-refractivity contribution in [2.75, 3.05) is 6.61 Å². The van der Waals surface area contributed by atoms with E-state index in [-0.39, 0.29) is 16.1 Å². The molecule has 11 heteroatoms. The second-order valence-corrected chi connectivity index (χ2v) is 9.15. The minimum atomic E-state index is -4.98. The number of hydrogen-bond acceptors (Lipinski definition) is 4. The van der Waals surface area contributed by atoms with Crippen LogP contribution in [0.4, 0.5) is 22.0 Å². The zero-order valence-electron chi connectivity index (χ0n) is 19.0. The SMILES string of the molecule is CCOc1ccc(-c2csc(-c3cc(C(F)(F)F)c(C#N)c(=O)n3Cc3ccc(F)cc3F)c2)cc1Cl. The highest BCUT2D eigenvalue weighted by molar-refractivity contribution is 7.14. The molecular formula is C26H16ClF5N2O2S. The van der Waals surface area contributed by atoms with Crippen LogP contribution in [0, 0.1) is 23.0 Å². The fraction of sp³-hybridized carbons (Fsp3) is 0.154. The van der Waals surface area contributed by atoms with Crippen LogP contribution in [0.1, 0.15) is 23.6 Å². The van der Waals surface area contributed by atoms with Crippen molar-refractivity contribution < 1.29 is 26.7 Å². The van der Waals surface area contributed by atoms with Crippen LogP contribution in [0.2, 0.25) is 5.02 Å². The Morgan fingerprint density at radius 3 is 2.46 bits per heavy atom. The largest absolute Gasteiger partial charge is 0.492 e. The molecule has 4 rings (SSSR count).